The molecule has 1 N–H and O–H groups in total. The molecule has 4 rings (SSSR count). The van der Waals surface area contributed by atoms with Crippen LogP contribution in [0.5, 0.6) is 11.5 Å². The molecule has 176 valence electrons. The standard InChI is InChI=1S/C25H33N3O4Si/c1-30-20-7-6-8-21(31-2)23(20)19-15-28(16-32-13-14-33(3,4)5)24-18(19)11-12-22(26-24)27-25(29)17-9-10-17/h6-8,11-12,15,17H,9-10,13-14,16H2,1-5H3,(H,26,27,29). The second-order valence-electron chi connectivity index (χ2n) is 9.73. The van der Waals surface area contributed by atoms with Gasteiger partial charge in [0.2, 0.25) is 5.91 Å². The van der Waals surface area contributed by atoms with Gasteiger partial charge in [0.05, 0.1) is 19.8 Å². The number of hydrogen-bond acceptors (Lipinski definition) is 5. The van der Waals surface area contributed by atoms with Crippen molar-refractivity contribution < 1.29 is 19.0 Å². The second kappa shape index (κ2) is 9.57. The first-order chi connectivity index (χ1) is 15.8. The molecular formula is C25H33N3O4Si. The second-order valence-corrected chi connectivity index (χ2v) is 15.4. The van der Waals surface area contributed by atoms with Crippen molar-refractivity contribution in [2.45, 2.75) is 45.3 Å². The summed E-state index contributed by atoms with van der Waals surface area (Å²) in [4.78, 5) is 17.1. The first kappa shape index (κ1) is 23.3. The molecular weight excluding hydrogens is 434 g/mol. The Morgan fingerprint density at radius 2 is 1.82 bits per heavy atom. The van der Waals surface area contributed by atoms with Crippen LogP contribution in [-0.2, 0) is 16.3 Å². The zero-order valence-corrected chi connectivity index (χ0v) is 21.1. The smallest absolute Gasteiger partial charge is 0.228 e. The molecule has 0 saturated heterocycles. The van der Waals surface area contributed by atoms with Gasteiger partial charge in [0.1, 0.15) is 29.7 Å². The van der Waals surface area contributed by atoms with E-state index in [4.69, 9.17) is 19.2 Å². The van der Waals surface area contributed by atoms with Crippen LogP contribution in [0, 0.1) is 5.92 Å². The number of rotatable bonds is 10. The first-order valence-corrected chi connectivity index (χ1v) is 15.1. The third kappa shape index (κ3) is 5.39. The summed E-state index contributed by atoms with van der Waals surface area (Å²) in [7, 11) is 2.12. The summed E-state index contributed by atoms with van der Waals surface area (Å²) >= 11 is 0. The normalized spacial score (nSPS) is 13.8. The van der Waals surface area contributed by atoms with E-state index in [1.54, 1.807) is 14.2 Å². The van der Waals surface area contributed by atoms with E-state index >= 15 is 0 Å². The minimum atomic E-state index is -1.18. The largest absolute Gasteiger partial charge is 0.496 e. The van der Waals surface area contributed by atoms with E-state index in [1.807, 2.05) is 41.1 Å². The topological polar surface area (TPSA) is 74.6 Å². The van der Waals surface area contributed by atoms with Crippen molar-refractivity contribution in [3.63, 3.8) is 0 Å². The Hall–Kier alpha value is -2.84. The van der Waals surface area contributed by atoms with E-state index in [-0.39, 0.29) is 11.8 Å². The number of nitrogens with zero attached hydrogens (tertiary/aromatic N) is 2. The average Bonchev–Trinajstić information content (AvgIpc) is 3.58. The molecule has 1 aromatic carbocycles. The average molecular weight is 468 g/mol. The maximum Gasteiger partial charge on any atom is 0.228 e. The van der Waals surface area contributed by atoms with Crippen LogP contribution in [-0.4, -0.2) is 44.4 Å². The number of ether oxygens (including phenoxy) is 3. The van der Waals surface area contributed by atoms with Crippen LogP contribution in [0.4, 0.5) is 5.82 Å². The zero-order valence-electron chi connectivity index (χ0n) is 20.1. The third-order valence-electron chi connectivity index (χ3n) is 5.85. The Kier molecular flexibility index (Phi) is 6.76. The number of amides is 1. The molecule has 0 spiro atoms. The van der Waals surface area contributed by atoms with E-state index < -0.39 is 8.07 Å². The van der Waals surface area contributed by atoms with Gasteiger partial charge in [-0.05, 0) is 43.2 Å². The Labute approximate surface area is 196 Å². The number of methoxy groups -OCH3 is 2. The van der Waals surface area contributed by atoms with Crippen LogP contribution in [0.25, 0.3) is 22.2 Å². The lowest BCUT2D eigenvalue weighted by molar-refractivity contribution is -0.117. The molecule has 1 aliphatic rings. The highest BCUT2D eigenvalue weighted by molar-refractivity contribution is 6.76. The summed E-state index contributed by atoms with van der Waals surface area (Å²) in [6.45, 7) is 8.10. The Balaban J connectivity index is 1.73. The van der Waals surface area contributed by atoms with Crippen LogP contribution in [0.15, 0.2) is 36.5 Å². The Bertz CT molecular complexity index is 1130. The fraction of sp³-hybridized carbons (Fsp3) is 0.440. The summed E-state index contributed by atoms with van der Waals surface area (Å²) < 4.78 is 19.3. The van der Waals surface area contributed by atoms with Crippen LogP contribution >= 0.6 is 0 Å². The van der Waals surface area contributed by atoms with Gasteiger partial charge in [-0.3, -0.25) is 4.79 Å². The van der Waals surface area contributed by atoms with Crippen LogP contribution < -0.4 is 14.8 Å². The Morgan fingerprint density at radius 3 is 2.42 bits per heavy atom. The molecule has 3 aromatic rings. The minimum absolute atomic E-state index is 0.0398. The van der Waals surface area contributed by atoms with Gasteiger partial charge in [-0.25, -0.2) is 4.98 Å². The number of nitrogens with one attached hydrogen (secondary N) is 1. The van der Waals surface area contributed by atoms with Gasteiger partial charge in [0.25, 0.3) is 0 Å². The van der Waals surface area contributed by atoms with Crippen molar-refractivity contribution in [2.24, 2.45) is 5.92 Å². The SMILES string of the molecule is COc1cccc(OC)c1-c1cn(COCC[Si](C)(C)C)c2nc(NC(=O)C3CC3)ccc12. The molecule has 1 fully saturated rings. The molecule has 7 nitrogen and oxygen atoms in total. The van der Waals surface area contributed by atoms with Gasteiger partial charge in [-0.2, -0.15) is 0 Å². The van der Waals surface area contributed by atoms with Crippen LogP contribution in [0.3, 0.4) is 0 Å². The lowest BCUT2D eigenvalue weighted by Crippen LogP contribution is -2.22. The number of pyridine rings is 1. The molecule has 1 saturated carbocycles. The molecule has 8 heteroatoms. The van der Waals surface area contributed by atoms with E-state index in [9.17, 15) is 4.79 Å². The quantitative estimate of drug-likeness (QED) is 0.320. The first-order valence-electron chi connectivity index (χ1n) is 11.4. The Morgan fingerprint density at radius 1 is 1.12 bits per heavy atom. The minimum Gasteiger partial charge on any atom is -0.496 e. The molecule has 33 heavy (non-hydrogen) atoms. The lowest BCUT2D eigenvalue weighted by atomic mass is 10.0. The van der Waals surface area contributed by atoms with E-state index in [1.165, 1.54) is 0 Å². The number of carbonyl (C=O) groups excluding carboxylic acids is 1. The van der Waals surface area contributed by atoms with Gasteiger partial charge >= 0.3 is 0 Å². The maximum absolute atomic E-state index is 12.3. The predicted molar refractivity (Wildman–Crippen MR) is 134 cm³/mol. The van der Waals surface area contributed by atoms with Crippen LogP contribution in [0.1, 0.15) is 12.8 Å². The molecule has 2 aromatic heterocycles. The summed E-state index contributed by atoms with van der Waals surface area (Å²) in [5, 5.41) is 3.90. The molecule has 0 radical (unpaired) electrons. The molecule has 1 aliphatic carbocycles. The van der Waals surface area contributed by atoms with Crippen molar-refractivity contribution in [3.8, 4) is 22.6 Å². The van der Waals surface area contributed by atoms with E-state index in [0.717, 1.165) is 52.5 Å². The van der Waals surface area contributed by atoms with Gasteiger partial charge < -0.3 is 24.1 Å². The molecule has 0 unspecified atom stereocenters. The van der Waals surface area contributed by atoms with E-state index in [0.29, 0.717) is 19.2 Å². The van der Waals surface area contributed by atoms with Crippen molar-refractivity contribution in [2.75, 3.05) is 26.1 Å². The van der Waals surface area contributed by atoms with E-state index in [2.05, 4.69) is 25.0 Å². The highest BCUT2D eigenvalue weighted by atomic mass is 28.3. The van der Waals surface area contributed by atoms with Gasteiger partial charge in [0.15, 0.2) is 0 Å². The zero-order chi connectivity index (χ0) is 23.6. The number of aromatic nitrogens is 2. The monoisotopic (exact) mass is 467 g/mol. The summed E-state index contributed by atoms with van der Waals surface area (Å²) in [6, 6.07) is 10.7. The maximum atomic E-state index is 12.3. The fourth-order valence-corrected chi connectivity index (χ4v) is 4.52. The highest BCUT2D eigenvalue weighted by Crippen LogP contribution is 2.42. The summed E-state index contributed by atoms with van der Waals surface area (Å²) in [5.41, 5.74) is 2.56. The number of carbonyl (C=O) groups is 1. The molecule has 1 amide bonds. The number of anilines is 1. The van der Waals surface area contributed by atoms with Gasteiger partial charge in [-0.1, -0.05) is 25.7 Å². The third-order valence-corrected chi connectivity index (χ3v) is 7.55. The van der Waals surface area contributed by atoms with Crippen molar-refractivity contribution in [1.82, 2.24) is 9.55 Å². The fourth-order valence-electron chi connectivity index (χ4n) is 3.76. The van der Waals surface area contributed by atoms with Gasteiger partial charge in [-0.15, -0.1) is 0 Å². The van der Waals surface area contributed by atoms with Crippen molar-refractivity contribution >= 4 is 30.8 Å². The highest BCUT2D eigenvalue weighted by Gasteiger charge is 2.30. The van der Waals surface area contributed by atoms with Gasteiger partial charge in [0, 0.05) is 37.7 Å². The molecule has 0 aliphatic heterocycles. The molecule has 2 heterocycles. The summed E-state index contributed by atoms with van der Waals surface area (Å²) in [6.07, 6.45) is 3.93. The van der Waals surface area contributed by atoms with Crippen LogP contribution in [0.2, 0.25) is 25.7 Å². The lowest BCUT2D eigenvalue weighted by Gasteiger charge is -2.15. The number of fused-ring (bicyclic) bond motifs is 1. The number of hydrogen-bond donors (Lipinski definition) is 1. The van der Waals surface area contributed by atoms with Crippen molar-refractivity contribution in [3.05, 3.63) is 36.5 Å². The number of benzene rings is 1. The van der Waals surface area contributed by atoms with Crippen molar-refractivity contribution in [1.29, 1.82) is 0 Å². The summed E-state index contributed by atoms with van der Waals surface area (Å²) in [5.74, 6) is 2.16. The predicted octanol–water partition coefficient (Wildman–Crippen LogP) is 5.38. The molecule has 0 atom stereocenters. The molecule has 0 bridgehead atoms.